The lowest BCUT2D eigenvalue weighted by Crippen LogP contribution is -2.64. The first-order valence-electron chi connectivity index (χ1n) is 21.7. The van der Waals surface area contributed by atoms with Crippen molar-refractivity contribution in [3.63, 3.8) is 0 Å². The molecule has 2 aliphatic carbocycles. The van der Waals surface area contributed by atoms with Crippen LogP contribution in [0.15, 0.2) is 103 Å². The first-order chi connectivity index (χ1) is 29.9. The number of phenolic OH excluding ortho intramolecular Hbond substituents is 3. The van der Waals surface area contributed by atoms with Crippen LogP contribution in [-0.2, 0) is 48.9 Å². The van der Waals surface area contributed by atoms with E-state index in [1.165, 1.54) is 18.7 Å². The van der Waals surface area contributed by atoms with Gasteiger partial charge in [-0.3, -0.25) is 4.79 Å². The van der Waals surface area contributed by atoms with Gasteiger partial charge in [-0.15, -0.1) is 0 Å². The van der Waals surface area contributed by atoms with Gasteiger partial charge in [-0.1, -0.05) is 61.5 Å². The van der Waals surface area contributed by atoms with Crippen LogP contribution < -0.4 is 14.8 Å². The Morgan fingerprint density at radius 1 is 0.806 bits per heavy atom. The van der Waals surface area contributed by atoms with Crippen molar-refractivity contribution in [3.8, 4) is 28.7 Å². The van der Waals surface area contributed by atoms with Gasteiger partial charge in [-0.25, -0.2) is 0 Å². The molecule has 0 saturated heterocycles. The van der Waals surface area contributed by atoms with Crippen LogP contribution in [-0.4, -0.2) is 69.8 Å². The second kappa shape index (κ2) is 17.5. The van der Waals surface area contributed by atoms with E-state index in [-0.39, 0.29) is 47.5 Å². The number of rotatable bonds is 14. The molecule has 0 unspecified atom stereocenters. The molecule has 2 fully saturated rings. The number of aromatic nitrogens is 1. The van der Waals surface area contributed by atoms with Gasteiger partial charge in [-0.05, 0) is 144 Å². The lowest BCUT2D eigenvalue weighted by atomic mass is 9.49. The van der Waals surface area contributed by atoms with Crippen molar-refractivity contribution in [3.05, 3.63) is 148 Å². The lowest BCUT2D eigenvalue weighted by Gasteiger charge is -2.55. The standard InChI is InChI=1S/C52H58N2O8/c1-5-34-11-12-35-8-6-7-9-40(35)41(34)25-42-37(13-15-44(57)48(42)62-4)28-51(26-32-17-19-54-30-32)18-16-36-23-46(58)52(50(60)47(36)49(51)59,27-31-10-14-43(56)45(22-31)61-3)38-20-33(29-53-2)21-39(55)24-38/h6-15,17,19-22,24,30,36,46-47,49,53-59H,5,16,18,23,25-29H2,1-4H3/t36-,46-,47+,49+,51-,52-/m0/s1. The Balaban J connectivity index is 1.27. The van der Waals surface area contributed by atoms with Gasteiger partial charge in [0.15, 0.2) is 28.8 Å². The zero-order valence-corrected chi connectivity index (χ0v) is 35.9. The number of phenols is 3. The number of Topliss-reactive ketones (excluding diaryl/α,β-unsaturated/α-hetero) is 1. The second-order valence-corrected chi connectivity index (χ2v) is 17.6. The quantitative estimate of drug-likeness (QED) is 0.0579. The van der Waals surface area contributed by atoms with Crippen LogP contribution in [0, 0.1) is 17.3 Å². The van der Waals surface area contributed by atoms with Crippen LogP contribution >= 0.6 is 0 Å². The average Bonchev–Trinajstić information content (AvgIpc) is 3.78. The van der Waals surface area contributed by atoms with E-state index >= 15 is 4.79 Å². The Hall–Kier alpha value is -5.81. The van der Waals surface area contributed by atoms with Crippen LogP contribution in [0.25, 0.3) is 10.8 Å². The molecule has 2 saturated carbocycles. The summed E-state index contributed by atoms with van der Waals surface area (Å²) >= 11 is 0. The summed E-state index contributed by atoms with van der Waals surface area (Å²) in [4.78, 5) is 19.1. The van der Waals surface area contributed by atoms with Crippen LogP contribution in [0.4, 0.5) is 0 Å². The molecule has 6 atom stereocenters. The maximum Gasteiger partial charge on any atom is 0.164 e. The molecule has 62 heavy (non-hydrogen) atoms. The number of ether oxygens (including phenoxy) is 2. The van der Waals surface area contributed by atoms with Gasteiger partial charge in [0, 0.05) is 42.3 Å². The van der Waals surface area contributed by atoms with Crippen molar-refractivity contribution in [2.75, 3.05) is 21.3 Å². The van der Waals surface area contributed by atoms with E-state index in [1.807, 2.05) is 42.7 Å². The van der Waals surface area contributed by atoms with Gasteiger partial charge in [0.2, 0.25) is 0 Å². The Morgan fingerprint density at radius 3 is 2.34 bits per heavy atom. The fraction of sp³-hybridized carbons (Fsp3) is 0.365. The maximum atomic E-state index is 15.9. The van der Waals surface area contributed by atoms with E-state index in [1.54, 1.807) is 44.5 Å². The molecule has 0 aliphatic heterocycles. The summed E-state index contributed by atoms with van der Waals surface area (Å²) in [5.74, 6) is -0.890. The van der Waals surface area contributed by atoms with Crippen molar-refractivity contribution < 1.29 is 39.8 Å². The molecule has 7 N–H and O–H groups in total. The molecule has 5 aromatic carbocycles. The fourth-order valence-electron chi connectivity index (χ4n) is 11.1. The van der Waals surface area contributed by atoms with Crippen LogP contribution in [0.3, 0.4) is 0 Å². The molecular weight excluding hydrogens is 781 g/mol. The number of methoxy groups -OCH3 is 2. The monoisotopic (exact) mass is 838 g/mol. The Morgan fingerprint density at radius 2 is 1.60 bits per heavy atom. The van der Waals surface area contributed by atoms with Crippen molar-refractivity contribution in [1.82, 2.24) is 10.3 Å². The molecule has 0 amide bonds. The van der Waals surface area contributed by atoms with Gasteiger partial charge in [-0.2, -0.15) is 0 Å². The highest BCUT2D eigenvalue weighted by Gasteiger charge is 2.61. The highest BCUT2D eigenvalue weighted by atomic mass is 16.5. The van der Waals surface area contributed by atoms with Crippen molar-refractivity contribution in [2.24, 2.45) is 17.3 Å². The highest BCUT2D eigenvalue weighted by molar-refractivity contribution is 5.95. The number of aryl methyl sites for hydroxylation is 1. The Kier molecular flexibility index (Phi) is 12.1. The van der Waals surface area contributed by atoms with Gasteiger partial charge in [0.1, 0.15) is 5.75 Å². The summed E-state index contributed by atoms with van der Waals surface area (Å²) in [5.41, 5.74) is 4.51. The first-order valence-corrected chi connectivity index (χ1v) is 21.7. The number of ketones is 1. The summed E-state index contributed by atoms with van der Waals surface area (Å²) < 4.78 is 11.5. The number of carbonyl (C=O) groups is 1. The number of aromatic hydroxyl groups is 3. The van der Waals surface area contributed by atoms with Gasteiger partial charge < -0.3 is 45.3 Å². The molecule has 10 heteroatoms. The second-order valence-electron chi connectivity index (χ2n) is 17.6. The molecule has 324 valence electrons. The van der Waals surface area contributed by atoms with Crippen molar-refractivity contribution >= 4 is 16.6 Å². The number of nitrogens with one attached hydrogen (secondary N) is 2. The molecule has 0 spiro atoms. The van der Waals surface area contributed by atoms with E-state index in [0.29, 0.717) is 55.5 Å². The van der Waals surface area contributed by atoms with Crippen molar-refractivity contribution in [1.29, 1.82) is 0 Å². The predicted octanol–water partition coefficient (Wildman–Crippen LogP) is 7.85. The van der Waals surface area contributed by atoms with E-state index in [0.717, 1.165) is 45.0 Å². The zero-order valence-electron chi connectivity index (χ0n) is 35.9. The van der Waals surface area contributed by atoms with Gasteiger partial charge in [0.05, 0.1) is 31.8 Å². The third-order valence-corrected chi connectivity index (χ3v) is 14.1. The average molecular weight is 839 g/mol. The van der Waals surface area contributed by atoms with E-state index in [4.69, 9.17) is 9.47 Å². The Labute approximate surface area is 363 Å². The third-order valence-electron chi connectivity index (χ3n) is 14.1. The number of aliphatic hydroxyl groups is 2. The lowest BCUT2D eigenvalue weighted by molar-refractivity contribution is -0.163. The molecule has 10 nitrogen and oxygen atoms in total. The first kappa shape index (κ1) is 42.9. The Bertz CT molecular complexity index is 2570. The minimum Gasteiger partial charge on any atom is -0.508 e. The number of hydrogen-bond donors (Lipinski definition) is 7. The molecule has 8 rings (SSSR count). The molecule has 1 aromatic heterocycles. The molecular formula is C52H58N2O8. The molecule has 1 heterocycles. The van der Waals surface area contributed by atoms with E-state index in [2.05, 4.69) is 41.5 Å². The minimum atomic E-state index is -1.57. The molecule has 6 aromatic rings. The predicted molar refractivity (Wildman–Crippen MR) is 240 cm³/mol. The topological polar surface area (TPSA) is 164 Å². The van der Waals surface area contributed by atoms with E-state index in [9.17, 15) is 25.5 Å². The highest BCUT2D eigenvalue weighted by Crippen LogP contribution is 2.56. The fourth-order valence-corrected chi connectivity index (χ4v) is 11.1. The van der Waals surface area contributed by atoms with Crippen LogP contribution in [0.1, 0.15) is 70.7 Å². The van der Waals surface area contributed by atoms with Crippen LogP contribution in [0.2, 0.25) is 0 Å². The maximum absolute atomic E-state index is 15.9. The smallest absolute Gasteiger partial charge is 0.164 e. The van der Waals surface area contributed by atoms with Crippen LogP contribution in [0.5, 0.6) is 28.7 Å². The summed E-state index contributed by atoms with van der Waals surface area (Å²) in [6.07, 6.45) is 5.15. The number of aliphatic hydroxyl groups excluding tert-OH is 2. The number of fused-ring (bicyclic) bond motifs is 2. The number of hydrogen-bond acceptors (Lipinski definition) is 9. The largest absolute Gasteiger partial charge is 0.508 e. The zero-order chi connectivity index (χ0) is 43.8. The SMILES string of the molecule is CCc1ccc2ccccc2c1Cc1c(C[C@@]2(Cc3cc[nH]c3)CC[C@H]3C[C@H](O)[C@](Cc4ccc(O)c(OC)c4)(c4cc(O)cc(CNC)c4)C(=O)[C@H]3[C@H]2O)ccc(O)c1OC. The molecule has 0 radical (unpaired) electrons. The van der Waals surface area contributed by atoms with Crippen molar-refractivity contribution in [2.45, 2.75) is 82.5 Å². The van der Waals surface area contributed by atoms with Gasteiger partial charge >= 0.3 is 0 Å². The summed E-state index contributed by atoms with van der Waals surface area (Å²) in [5, 5.41) is 64.0. The summed E-state index contributed by atoms with van der Waals surface area (Å²) in [6, 6.07) is 28.2. The summed E-state index contributed by atoms with van der Waals surface area (Å²) in [6.45, 7) is 2.56. The van der Waals surface area contributed by atoms with Gasteiger partial charge in [0.25, 0.3) is 0 Å². The van der Waals surface area contributed by atoms with E-state index < -0.39 is 29.0 Å². The third kappa shape index (κ3) is 7.69. The number of H-pyrrole nitrogens is 1. The minimum absolute atomic E-state index is 0.0318. The number of benzene rings is 5. The normalized spacial score (nSPS) is 23.6. The molecule has 0 bridgehead atoms. The number of carbonyl (C=O) groups excluding carboxylic acids is 1. The summed E-state index contributed by atoms with van der Waals surface area (Å²) in [7, 11) is 4.83. The molecule has 2 aliphatic rings. The number of aromatic amines is 1.